The van der Waals surface area contributed by atoms with E-state index in [4.69, 9.17) is 14.6 Å². The van der Waals surface area contributed by atoms with Crippen molar-refractivity contribution in [3.63, 3.8) is 0 Å². The van der Waals surface area contributed by atoms with Crippen molar-refractivity contribution in [1.29, 1.82) is 0 Å². The number of benzene rings is 1. The van der Waals surface area contributed by atoms with Gasteiger partial charge in [-0.1, -0.05) is 6.07 Å². The Morgan fingerprint density at radius 2 is 1.93 bits per heavy atom. The summed E-state index contributed by atoms with van der Waals surface area (Å²) in [4.78, 5) is 0. The molecule has 0 atom stereocenters. The number of rotatable bonds is 5. The zero-order chi connectivity index (χ0) is 11.3. The lowest BCUT2D eigenvalue weighted by atomic mass is 10.0. The van der Waals surface area contributed by atoms with Crippen LogP contribution >= 0.6 is 0 Å². The summed E-state index contributed by atoms with van der Waals surface area (Å²) in [5, 5.41) is 8.84. The largest absolute Gasteiger partial charge is 0.496 e. The minimum absolute atomic E-state index is 0.181. The van der Waals surface area contributed by atoms with Crippen molar-refractivity contribution in [3.8, 4) is 11.5 Å². The summed E-state index contributed by atoms with van der Waals surface area (Å²) in [6.07, 6.45) is 1.49. The second-order valence-corrected chi connectivity index (χ2v) is 3.42. The minimum atomic E-state index is 0.181. The molecular weight excluding hydrogens is 192 g/mol. The van der Waals surface area contributed by atoms with Crippen LogP contribution in [0.4, 0.5) is 0 Å². The van der Waals surface area contributed by atoms with Crippen LogP contribution in [0.5, 0.6) is 11.5 Å². The van der Waals surface area contributed by atoms with Gasteiger partial charge in [-0.2, -0.15) is 0 Å². The molecule has 3 nitrogen and oxygen atoms in total. The fraction of sp³-hybridized carbons (Fsp3) is 0.500. The second kappa shape index (κ2) is 5.61. The molecule has 0 heterocycles. The first-order chi connectivity index (χ1) is 7.24. The normalized spacial score (nSPS) is 10.1. The van der Waals surface area contributed by atoms with Gasteiger partial charge in [0.25, 0.3) is 0 Å². The van der Waals surface area contributed by atoms with Crippen molar-refractivity contribution in [1.82, 2.24) is 0 Å². The van der Waals surface area contributed by atoms with Gasteiger partial charge in [0.15, 0.2) is 0 Å². The summed E-state index contributed by atoms with van der Waals surface area (Å²) >= 11 is 0. The predicted octanol–water partition coefficient (Wildman–Crippen LogP) is 1.94. The summed E-state index contributed by atoms with van der Waals surface area (Å²) in [6, 6.07) is 3.91. The Bertz CT molecular complexity index is 321. The van der Waals surface area contributed by atoms with Gasteiger partial charge in [0.05, 0.1) is 14.2 Å². The topological polar surface area (TPSA) is 38.7 Å². The molecule has 84 valence electrons. The number of aliphatic hydroxyl groups excluding tert-OH is 1. The molecule has 0 aromatic heterocycles. The number of ether oxygens (including phenoxy) is 2. The number of hydrogen-bond donors (Lipinski definition) is 1. The Labute approximate surface area is 90.6 Å². The van der Waals surface area contributed by atoms with Crippen LogP contribution in [0, 0.1) is 6.92 Å². The fourth-order valence-electron chi connectivity index (χ4n) is 1.69. The van der Waals surface area contributed by atoms with E-state index in [-0.39, 0.29) is 6.61 Å². The van der Waals surface area contributed by atoms with Crippen molar-refractivity contribution in [2.45, 2.75) is 19.8 Å². The lowest BCUT2D eigenvalue weighted by molar-refractivity contribution is 0.286. The molecule has 0 unspecified atom stereocenters. The van der Waals surface area contributed by atoms with Crippen LogP contribution < -0.4 is 9.47 Å². The van der Waals surface area contributed by atoms with Gasteiger partial charge in [0, 0.05) is 12.2 Å². The molecule has 0 saturated heterocycles. The van der Waals surface area contributed by atoms with Crippen molar-refractivity contribution >= 4 is 0 Å². The maximum Gasteiger partial charge on any atom is 0.128 e. The molecule has 0 radical (unpaired) electrons. The standard InChI is InChI=1S/C12H18O3/c1-9-6-7-11(14-2)10(5-4-8-13)12(9)15-3/h6-7,13H,4-5,8H2,1-3H3. The number of hydrogen-bond acceptors (Lipinski definition) is 3. The van der Waals surface area contributed by atoms with Crippen LogP contribution in [0.3, 0.4) is 0 Å². The molecule has 1 aromatic carbocycles. The molecule has 0 fully saturated rings. The van der Waals surface area contributed by atoms with Crippen LogP contribution in [0.2, 0.25) is 0 Å². The maximum atomic E-state index is 8.84. The van der Waals surface area contributed by atoms with Crippen molar-refractivity contribution in [3.05, 3.63) is 23.3 Å². The summed E-state index contributed by atoms with van der Waals surface area (Å²) in [7, 11) is 3.30. The van der Waals surface area contributed by atoms with Crippen LogP contribution in [0.15, 0.2) is 12.1 Å². The molecule has 15 heavy (non-hydrogen) atoms. The first kappa shape index (κ1) is 11.9. The molecule has 0 bridgehead atoms. The Morgan fingerprint density at radius 3 is 2.47 bits per heavy atom. The second-order valence-electron chi connectivity index (χ2n) is 3.42. The van der Waals surface area contributed by atoms with E-state index in [9.17, 15) is 0 Å². The van der Waals surface area contributed by atoms with E-state index in [0.29, 0.717) is 0 Å². The molecule has 1 rings (SSSR count). The monoisotopic (exact) mass is 210 g/mol. The Morgan fingerprint density at radius 1 is 1.20 bits per heavy atom. The summed E-state index contributed by atoms with van der Waals surface area (Å²) in [6.45, 7) is 2.18. The van der Waals surface area contributed by atoms with E-state index in [1.54, 1.807) is 14.2 Å². The van der Waals surface area contributed by atoms with Gasteiger partial charge in [0.1, 0.15) is 11.5 Å². The molecule has 0 aliphatic heterocycles. The van der Waals surface area contributed by atoms with E-state index in [1.165, 1.54) is 0 Å². The molecule has 1 N–H and O–H groups in total. The summed E-state index contributed by atoms with van der Waals surface area (Å²) in [5.74, 6) is 1.69. The molecule has 0 spiro atoms. The lowest BCUT2D eigenvalue weighted by Gasteiger charge is -2.14. The zero-order valence-electron chi connectivity index (χ0n) is 9.54. The van der Waals surface area contributed by atoms with Crippen LogP contribution in [0.25, 0.3) is 0 Å². The minimum Gasteiger partial charge on any atom is -0.496 e. The predicted molar refractivity (Wildman–Crippen MR) is 59.7 cm³/mol. The van der Waals surface area contributed by atoms with Gasteiger partial charge in [-0.05, 0) is 31.4 Å². The Hall–Kier alpha value is -1.22. The van der Waals surface area contributed by atoms with Gasteiger partial charge >= 0.3 is 0 Å². The third-order valence-corrected chi connectivity index (χ3v) is 2.42. The lowest BCUT2D eigenvalue weighted by Crippen LogP contribution is -2.00. The van der Waals surface area contributed by atoms with E-state index in [1.807, 2.05) is 19.1 Å². The molecule has 1 aromatic rings. The van der Waals surface area contributed by atoms with E-state index < -0.39 is 0 Å². The summed E-state index contributed by atoms with van der Waals surface area (Å²) < 4.78 is 10.6. The highest BCUT2D eigenvalue weighted by Crippen LogP contribution is 2.32. The van der Waals surface area contributed by atoms with Gasteiger partial charge in [-0.25, -0.2) is 0 Å². The van der Waals surface area contributed by atoms with Crippen molar-refractivity contribution < 1.29 is 14.6 Å². The van der Waals surface area contributed by atoms with Gasteiger partial charge in [-0.3, -0.25) is 0 Å². The average Bonchev–Trinajstić information content (AvgIpc) is 2.26. The first-order valence-electron chi connectivity index (χ1n) is 5.06. The van der Waals surface area contributed by atoms with Crippen LogP contribution in [-0.4, -0.2) is 25.9 Å². The average molecular weight is 210 g/mol. The molecule has 0 aliphatic carbocycles. The number of methoxy groups -OCH3 is 2. The van der Waals surface area contributed by atoms with Crippen LogP contribution in [0.1, 0.15) is 17.5 Å². The smallest absolute Gasteiger partial charge is 0.128 e. The van der Waals surface area contributed by atoms with Gasteiger partial charge in [-0.15, -0.1) is 0 Å². The SMILES string of the molecule is COc1ccc(C)c(OC)c1CCCO. The highest BCUT2D eigenvalue weighted by molar-refractivity contribution is 5.49. The Balaban J connectivity index is 3.09. The number of aliphatic hydroxyl groups is 1. The molecule has 3 heteroatoms. The molecular formula is C12H18O3. The zero-order valence-corrected chi connectivity index (χ0v) is 9.54. The molecule has 0 amide bonds. The van der Waals surface area contributed by atoms with Gasteiger partial charge < -0.3 is 14.6 Å². The summed E-state index contributed by atoms with van der Waals surface area (Å²) in [5.41, 5.74) is 2.13. The van der Waals surface area contributed by atoms with Crippen molar-refractivity contribution in [2.24, 2.45) is 0 Å². The third kappa shape index (κ3) is 2.63. The van der Waals surface area contributed by atoms with E-state index in [0.717, 1.165) is 35.5 Å². The fourth-order valence-corrected chi connectivity index (χ4v) is 1.69. The quantitative estimate of drug-likeness (QED) is 0.807. The molecule has 0 aliphatic rings. The maximum absolute atomic E-state index is 8.84. The van der Waals surface area contributed by atoms with Gasteiger partial charge in [0.2, 0.25) is 0 Å². The number of aryl methyl sites for hydroxylation is 1. The first-order valence-corrected chi connectivity index (χ1v) is 5.06. The van der Waals surface area contributed by atoms with Crippen molar-refractivity contribution in [2.75, 3.05) is 20.8 Å². The highest BCUT2D eigenvalue weighted by atomic mass is 16.5. The van der Waals surface area contributed by atoms with Crippen LogP contribution in [-0.2, 0) is 6.42 Å². The van der Waals surface area contributed by atoms with E-state index in [2.05, 4.69) is 0 Å². The highest BCUT2D eigenvalue weighted by Gasteiger charge is 2.11. The Kier molecular flexibility index (Phi) is 4.43. The molecule has 0 saturated carbocycles. The third-order valence-electron chi connectivity index (χ3n) is 2.42. The van der Waals surface area contributed by atoms with E-state index >= 15 is 0 Å².